The van der Waals surface area contributed by atoms with Gasteiger partial charge in [-0.3, -0.25) is 10.4 Å². The first kappa shape index (κ1) is 13.7. The zero-order chi connectivity index (χ0) is 15.0. The highest BCUT2D eigenvalue weighted by Gasteiger charge is 2.27. The van der Waals surface area contributed by atoms with Crippen molar-refractivity contribution in [3.8, 4) is 0 Å². The van der Waals surface area contributed by atoms with E-state index in [1.54, 1.807) is 31.1 Å². The summed E-state index contributed by atoms with van der Waals surface area (Å²) >= 11 is 0. The molecule has 0 aromatic carbocycles. The maximum atomic E-state index is 10.0. The van der Waals surface area contributed by atoms with Gasteiger partial charge in [0, 0.05) is 0 Å². The predicted octanol–water partition coefficient (Wildman–Crippen LogP) is 0.537. The summed E-state index contributed by atoms with van der Waals surface area (Å²) in [5.41, 5.74) is 4.08. The molecule has 3 heterocycles. The molecule has 2 aromatic rings. The third-order valence-corrected chi connectivity index (χ3v) is 3.18. The number of anilines is 2. The van der Waals surface area contributed by atoms with Gasteiger partial charge in [0.25, 0.3) is 0 Å². The Morgan fingerprint density at radius 2 is 2.19 bits per heavy atom. The van der Waals surface area contributed by atoms with Gasteiger partial charge in [-0.2, -0.15) is 0 Å². The average Bonchev–Trinajstić information content (AvgIpc) is 2.75. The largest absolute Gasteiger partial charge is 0.384 e. The fourth-order valence-electron chi connectivity index (χ4n) is 2.11. The van der Waals surface area contributed by atoms with Crippen LogP contribution in [-0.4, -0.2) is 25.3 Å². The maximum absolute atomic E-state index is 10.0. The first-order valence-electron chi connectivity index (χ1n) is 6.53. The van der Waals surface area contributed by atoms with Crippen LogP contribution in [0, 0.1) is 0 Å². The molecule has 0 fully saturated rings. The fourth-order valence-corrected chi connectivity index (χ4v) is 2.11. The summed E-state index contributed by atoms with van der Waals surface area (Å²) in [6.45, 7) is 3.83. The van der Waals surface area contributed by atoms with Crippen LogP contribution in [0.4, 0.5) is 11.5 Å². The summed E-state index contributed by atoms with van der Waals surface area (Å²) in [7, 11) is 0. The van der Waals surface area contributed by atoms with Gasteiger partial charge in [0.15, 0.2) is 5.82 Å². The van der Waals surface area contributed by atoms with Crippen LogP contribution in [0.25, 0.3) is 0 Å². The lowest BCUT2D eigenvalue weighted by atomic mass is 10.0. The second-order valence-electron chi connectivity index (χ2n) is 5.35. The molecule has 2 aromatic heterocycles. The minimum absolute atomic E-state index is 0.428. The number of aliphatic hydroxyl groups is 1. The summed E-state index contributed by atoms with van der Waals surface area (Å²) in [5, 5.41) is 13.1. The van der Waals surface area contributed by atoms with Gasteiger partial charge in [-0.05, 0) is 26.0 Å². The van der Waals surface area contributed by atoms with E-state index in [1.165, 1.54) is 11.6 Å². The second kappa shape index (κ2) is 4.92. The number of fused-ring (bicyclic) bond motifs is 1. The third-order valence-electron chi connectivity index (χ3n) is 3.18. The van der Waals surface area contributed by atoms with Crippen LogP contribution in [0.2, 0.25) is 0 Å². The summed E-state index contributed by atoms with van der Waals surface area (Å²) in [6.07, 6.45) is 3.12. The van der Waals surface area contributed by atoms with E-state index in [-0.39, 0.29) is 0 Å². The highest BCUT2D eigenvalue weighted by Crippen LogP contribution is 2.29. The van der Waals surface area contributed by atoms with Crippen LogP contribution in [0.1, 0.15) is 25.2 Å². The van der Waals surface area contributed by atoms with E-state index >= 15 is 0 Å². The maximum Gasteiger partial charge on any atom is 0.174 e. The lowest BCUT2D eigenvalue weighted by Gasteiger charge is -2.24. The number of nitrogens with one attached hydrogen (secondary N) is 1. The van der Waals surface area contributed by atoms with Gasteiger partial charge in [-0.15, -0.1) is 0 Å². The van der Waals surface area contributed by atoms with Crippen LogP contribution >= 0.6 is 0 Å². The molecule has 21 heavy (non-hydrogen) atoms. The lowest BCUT2D eigenvalue weighted by molar-refractivity contribution is 0.0736. The van der Waals surface area contributed by atoms with Crippen molar-refractivity contribution in [3.05, 3.63) is 42.1 Å². The van der Waals surface area contributed by atoms with Crippen LogP contribution in [-0.2, 0) is 12.1 Å². The topological polar surface area (TPSA) is 103 Å². The second-order valence-corrected chi connectivity index (χ2v) is 5.35. The highest BCUT2D eigenvalue weighted by molar-refractivity contribution is 5.67. The predicted molar refractivity (Wildman–Crippen MR) is 77.3 cm³/mol. The molecule has 0 radical (unpaired) electrons. The molecule has 8 heteroatoms. The number of pyridine rings is 1. The molecule has 0 aliphatic carbocycles. The average molecular weight is 287 g/mol. The minimum Gasteiger partial charge on any atom is -0.384 e. The first-order chi connectivity index (χ1) is 9.95. The molecule has 0 saturated heterocycles. The number of nitrogens with zero attached hydrogens (tertiary/aromatic N) is 5. The van der Waals surface area contributed by atoms with Crippen molar-refractivity contribution < 1.29 is 5.11 Å². The quantitative estimate of drug-likeness (QED) is 0.703. The molecule has 0 unspecified atom stereocenters. The molecule has 0 saturated carbocycles. The van der Waals surface area contributed by atoms with Crippen molar-refractivity contribution in [2.24, 2.45) is 5.84 Å². The number of aromatic nitrogens is 3. The Kier molecular flexibility index (Phi) is 3.20. The monoisotopic (exact) mass is 287 g/mol. The van der Waals surface area contributed by atoms with Crippen molar-refractivity contribution in [1.29, 1.82) is 0 Å². The molecule has 110 valence electrons. The number of nitrogens with two attached hydrogens (primary N) is 1. The Morgan fingerprint density at radius 3 is 2.95 bits per heavy atom. The summed E-state index contributed by atoms with van der Waals surface area (Å²) in [6, 6.07) is 5.53. The molecule has 0 amide bonds. The van der Waals surface area contributed by atoms with Gasteiger partial charge in [0.2, 0.25) is 0 Å². The Hall–Kier alpha value is -2.29. The van der Waals surface area contributed by atoms with E-state index in [4.69, 9.17) is 5.84 Å². The van der Waals surface area contributed by atoms with Crippen LogP contribution in [0.5, 0.6) is 0 Å². The smallest absolute Gasteiger partial charge is 0.174 e. The number of hydrazine groups is 3. The van der Waals surface area contributed by atoms with E-state index in [0.717, 1.165) is 11.4 Å². The van der Waals surface area contributed by atoms with Crippen molar-refractivity contribution in [2.75, 3.05) is 10.4 Å². The SMILES string of the molecule is CC(C)(O)c1cccc(CN2c3ncncc3NN2N)n1. The molecule has 8 nitrogen and oxygen atoms in total. The third kappa shape index (κ3) is 2.64. The lowest BCUT2D eigenvalue weighted by Crippen LogP contribution is -2.46. The van der Waals surface area contributed by atoms with E-state index < -0.39 is 5.60 Å². The zero-order valence-electron chi connectivity index (χ0n) is 11.9. The first-order valence-corrected chi connectivity index (χ1v) is 6.53. The standard InChI is InChI=1S/C13H17N7O/c1-13(2,21)11-5-3-4-9(17-11)7-19-12-10(18-20(19)14)6-15-8-16-12/h3-6,8,18,21H,7,14H2,1-2H3. The van der Waals surface area contributed by atoms with Gasteiger partial charge in [0.05, 0.1) is 24.1 Å². The van der Waals surface area contributed by atoms with Gasteiger partial charge in [-0.25, -0.2) is 20.8 Å². The Bertz CT molecular complexity index is 655. The molecule has 4 N–H and O–H groups in total. The van der Waals surface area contributed by atoms with Crippen molar-refractivity contribution in [2.45, 2.75) is 26.0 Å². The molecule has 1 aliphatic heterocycles. The zero-order valence-corrected chi connectivity index (χ0v) is 11.9. The Balaban J connectivity index is 1.88. The molecule has 0 bridgehead atoms. The number of rotatable bonds is 3. The molecular formula is C13H17N7O. The van der Waals surface area contributed by atoms with E-state index in [2.05, 4.69) is 20.4 Å². The van der Waals surface area contributed by atoms with Crippen LogP contribution in [0.15, 0.2) is 30.7 Å². The number of hydrogen-bond donors (Lipinski definition) is 3. The Labute approximate surface area is 122 Å². The fraction of sp³-hybridized carbons (Fsp3) is 0.308. The normalized spacial score (nSPS) is 15.0. The highest BCUT2D eigenvalue weighted by atomic mass is 16.3. The van der Waals surface area contributed by atoms with Crippen LogP contribution < -0.4 is 16.3 Å². The summed E-state index contributed by atoms with van der Waals surface area (Å²) < 4.78 is 0. The number of hydrogen-bond acceptors (Lipinski definition) is 8. The summed E-state index contributed by atoms with van der Waals surface area (Å²) in [5.74, 6) is 6.59. The van der Waals surface area contributed by atoms with Crippen LogP contribution in [0.3, 0.4) is 0 Å². The molecule has 0 atom stereocenters. The van der Waals surface area contributed by atoms with Gasteiger partial charge < -0.3 is 5.11 Å². The van der Waals surface area contributed by atoms with Gasteiger partial charge in [0.1, 0.15) is 17.6 Å². The van der Waals surface area contributed by atoms with Gasteiger partial charge in [-0.1, -0.05) is 11.3 Å². The van der Waals surface area contributed by atoms with Crippen molar-refractivity contribution in [3.63, 3.8) is 0 Å². The van der Waals surface area contributed by atoms with E-state index in [9.17, 15) is 5.11 Å². The Morgan fingerprint density at radius 1 is 1.38 bits per heavy atom. The minimum atomic E-state index is -0.984. The van der Waals surface area contributed by atoms with Crippen molar-refractivity contribution in [1.82, 2.24) is 20.2 Å². The molecule has 0 spiro atoms. The molecule has 1 aliphatic rings. The van der Waals surface area contributed by atoms with E-state index in [0.29, 0.717) is 18.1 Å². The molecular weight excluding hydrogens is 270 g/mol. The summed E-state index contributed by atoms with van der Waals surface area (Å²) in [4.78, 5) is 12.6. The van der Waals surface area contributed by atoms with E-state index in [1.807, 2.05) is 12.1 Å². The molecule has 3 rings (SSSR count). The van der Waals surface area contributed by atoms with Gasteiger partial charge >= 0.3 is 0 Å². The van der Waals surface area contributed by atoms with Crippen molar-refractivity contribution >= 4 is 11.5 Å².